The second kappa shape index (κ2) is 11.4. The molecule has 4 aromatic carbocycles. The molecule has 1 unspecified atom stereocenters. The molecule has 5 aromatic rings. The number of esters is 1. The molecule has 0 aliphatic carbocycles. The quantitative estimate of drug-likeness (QED) is 0.152. The highest BCUT2D eigenvalue weighted by molar-refractivity contribution is 7.21. The first-order valence-corrected chi connectivity index (χ1v) is 14.2. The Labute approximate surface area is 253 Å². The van der Waals surface area contributed by atoms with Crippen molar-refractivity contribution in [3.05, 3.63) is 134 Å². The molecular weight excluding hydrogens is 598 g/mol. The van der Waals surface area contributed by atoms with E-state index in [1.54, 1.807) is 66.7 Å². The lowest BCUT2D eigenvalue weighted by Crippen LogP contribution is -2.21. The number of thiophene rings is 1. The fraction of sp³-hybridized carbons (Fsp3) is 0.0625. The third-order valence-electron chi connectivity index (χ3n) is 6.72. The van der Waals surface area contributed by atoms with E-state index >= 15 is 0 Å². The van der Waals surface area contributed by atoms with Gasteiger partial charge in [0.25, 0.3) is 0 Å². The summed E-state index contributed by atoms with van der Waals surface area (Å²) in [5.74, 6) is -0.613. The van der Waals surface area contributed by atoms with Crippen LogP contribution in [0.4, 0.5) is 4.39 Å². The molecule has 1 aromatic heterocycles. The van der Waals surface area contributed by atoms with E-state index in [0.29, 0.717) is 38.6 Å². The minimum Gasteiger partial charge on any atom is -0.489 e. The molecule has 0 spiro atoms. The smallest absolute Gasteiger partial charge is 0.355 e. The second-order valence-corrected chi connectivity index (χ2v) is 11.2. The Morgan fingerprint density at radius 1 is 1.02 bits per heavy atom. The summed E-state index contributed by atoms with van der Waals surface area (Å²) in [6, 6.07) is 25.7. The van der Waals surface area contributed by atoms with Gasteiger partial charge in [-0.2, -0.15) is 5.26 Å². The van der Waals surface area contributed by atoms with Gasteiger partial charge in [-0.05, 0) is 42.0 Å². The number of carbonyl (C=O) groups is 1. The molecular formula is C32H19Cl2FN2O4S. The van der Waals surface area contributed by atoms with Crippen molar-refractivity contribution in [3.63, 3.8) is 0 Å². The summed E-state index contributed by atoms with van der Waals surface area (Å²) in [7, 11) is 0. The average Bonchev–Trinajstić information content (AvgIpc) is 3.31. The van der Waals surface area contributed by atoms with E-state index in [4.69, 9.17) is 43.1 Å². The van der Waals surface area contributed by atoms with Crippen molar-refractivity contribution in [2.75, 3.05) is 0 Å². The van der Waals surface area contributed by atoms with Crippen LogP contribution in [0.3, 0.4) is 0 Å². The number of hydrogen-bond acceptors (Lipinski definition) is 7. The van der Waals surface area contributed by atoms with E-state index in [-0.39, 0.29) is 39.5 Å². The summed E-state index contributed by atoms with van der Waals surface area (Å²) < 4.78 is 32.1. The molecule has 0 fully saturated rings. The summed E-state index contributed by atoms with van der Waals surface area (Å²) in [5.41, 5.74) is 8.16. The number of hydrogen-bond donors (Lipinski definition) is 1. The Morgan fingerprint density at radius 2 is 1.86 bits per heavy atom. The fourth-order valence-electron chi connectivity index (χ4n) is 4.73. The summed E-state index contributed by atoms with van der Waals surface area (Å²) in [6.07, 6.45) is 0. The Morgan fingerprint density at radius 3 is 2.67 bits per heavy atom. The first-order valence-electron chi connectivity index (χ1n) is 12.6. The monoisotopic (exact) mass is 616 g/mol. The number of ether oxygens (including phenoxy) is 3. The van der Waals surface area contributed by atoms with E-state index < -0.39 is 11.9 Å². The molecule has 0 saturated carbocycles. The van der Waals surface area contributed by atoms with E-state index in [1.807, 2.05) is 6.07 Å². The van der Waals surface area contributed by atoms with Crippen molar-refractivity contribution >= 4 is 50.6 Å². The predicted molar refractivity (Wildman–Crippen MR) is 160 cm³/mol. The molecule has 10 heteroatoms. The number of benzene rings is 4. The summed E-state index contributed by atoms with van der Waals surface area (Å²) >= 11 is 13.7. The average molecular weight is 617 g/mol. The van der Waals surface area contributed by atoms with Gasteiger partial charge in [-0.3, -0.25) is 0 Å². The normalized spacial score (nSPS) is 14.2. The van der Waals surface area contributed by atoms with Gasteiger partial charge in [0.2, 0.25) is 5.88 Å². The van der Waals surface area contributed by atoms with Crippen LogP contribution in [0.5, 0.6) is 17.2 Å². The fourth-order valence-corrected chi connectivity index (χ4v) is 6.39. The molecule has 6 nitrogen and oxygen atoms in total. The van der Waals surface area contributed by atoms with Crippen LogP contribution in [0, 0.1) is 17.1 Å². The summed E-state index contributed by atoms with van der Waals surface area (Å²) in [5, 5.41) is 11.5. The van der Waals surface area contributed by atoms with Gasteiger partial charge in [0.05, 0.1) is 10.9 Å². The first kappa shape index (κ1) is 27.6. The first-order chi connectivity index (χ1) is 20.3. The van der Waals surface area contributed by atoms with Gasteiger partial charge in [-0.1, -0.05) is 65.7 Å². The van der Waals surface area contributed by atoms with Crippen molar-refractivity contribution in [2.45, 2.75) is 12.5 Å². The van der Waals surface area contributed by atoms with Gasteiger partial charge in [-0.15, -0.1) is 11.3 Å². The minimum absolute atomic E-state index is 0.0369. The largest absolute Gasteiger partial charge is 0.489 e. The number of nitrogens with two attached hydrogens (primary N) is 1. The zero-order valence-corrected chi connectivity index (χ0v) is 23.9. The molecule has 1 aliphatic heterocycles. The lowest BCUT2D eigenvalue weighted by Gasteiger charge is -2.27. The van der Waals surface area contributed by atoms with Crippen LogP contribution in [-0.4, -0.2) is 5.97 Å². The van der Waals surface area contributed by atoms with E-state index in [1.165, 1.54) is 23.5 Å². The van der Waals surface area contributed by atoms with Crippen LogP contribution in [0.15, 0.2) is 96.4 Å². The summed E-state index contributed by atoms with van der Waals surface area (Å²) in [4.78, 5) is 13.3. The molecule has 1 atom stereocenters. The molecule has 0 saturated heterocycles. The van der Waals surface area contributed by atoms with Gasteiger partial charge in [-0.25, -0.2) is 9.18 Å². The molecule has 6 rings (SSSR count). The molecule has 0 bridgehead atoms. The van der Waals surface area contributed by atoms with E-state index in [9.17, 15) is 14.4 Å². The Balaban J connectivity index is 1.28. The highest BCUT2D eigenvalue weighted by Gasteiger charge is 2.31. The molecule has 1 aliphatic rings. The number of nitriles is 1. The molecule has 42 heavy (non-hydrogen) atoms. The van der Waals surface area contributed by atoms with Gasteiger partial charge >= 0.3 is 5.97 Å². The Kier molecular flexibility index (Phi) is 7.48. The molecule has 0 radical (unpaired) electrons. The SMILES string of the molecule is N#CC1=C(N)Oc2cc(OC(=O)c3sc4cc(Cl)ccc4c3Cl)ccc2C1c1cccc(OCc2ccccc2F)c1. The third kappa shape index (κ3) is 5.26. The molecule has 208 valence electrons. The lowest BCUT2D eigenvalue weighted by molar-refractivity contribution is 0.0740. The highest BCUT2D eigenvalue weighted by atomic mass is 35.5. The van der Waals surface area contributed by atoms with Crippen molar-refractivity contribution in [1.29, 1.82) is 5.26 Å². The van der Waals surface area contributed by atoms with Gasteiger partial charge < -0.3 is 19.9 Å². The maximum atomic E-state index is 14.1. The second-order valence-electron chi connectivity index (χ2n) is 9.35. The number of fused-ring (bicyclic) bond motifs is 2. The van der Waals surface area contributed by atoms with Gasteiger partial charge in [0.15, 0.2) is 0 Å². The number of nitrogens with zero attached hydrogens (tertiary/aromatic N) is 1. The Hall–Kier alpha value is -4.55. The van der Waals surface area contributed by atoms with Crippen LogP contribution in [0.1, 0.15) is 32.3 Å². The van der Waals surface area contributed by atoms with Crippen LogP contribution in [-0.2, 0) is 6.61 Å². The van der Waals surface area contributed by atoms with E-state index in [2.05, 4.69) is 6.07 Å². The van der Waals surface area contributed by atoms with Crippen LogP contribution >= 0.6 is 34.5 Å². The molecule has 0 amide bonds. The lowest BCUT2D eigenvalue weighted by atomic mass is 9.83. The highest BCUT2D eigenvalue weighted by Crippen LogP contribution is 2.44. The van der Waals surface area contributed by atoms with Crippen molar-refractivity contribution < 1.29 is 23.4 Å². The number of carbonyl (C=O) groups excluding carboxylic acids is 1. The van der Waals surface area contributed by atoms with Crippen molar-refractivity contribution in [3.8, 4) is 23.3 Å². The van der Waals surface area contributed by atoms with Crippen LogP contribution in [0.2, 0.25) is 10.0 Å². The number of halogens is 3. The summed E-state index contributed by atoms with van der Waals surface area (Å²) in [6.45, 7) is 0.0369. The number of rotatable bonds is 6. The Bertz CT molecular complexity index is 1950. The van der Waals surface area contributed by atoms with E-state index in [0.717, 1.165) is 4.70 Å². The zero-order valence-electron chi connectivity index (χ0n) is 21.6. The van der Waals surface area contributed by atoms with Gasteiger partial charge in [0, 0.05) is 32.3 Å². The zero-order chi connectivity index (χ0) is 29.4. The maximum absolute atomic E-state index is 14.1. The van der Waals surface area contributed by atoms with Crippen molar-refractivity contribution in [1.82, 2.24) is 0 Å². The topological polar surface area (TPSA) is 94.6 Å². The van der Waals surface area contributed by atoms with Crippen LogP contribution < -0.4 is 19.9 Å². The standard InChI is InChI=1S/C32H19Cl2FN2O4S/c33-19-8-10-23-27(13-19)42-30(29(23)34)32(38)40-21-9-11-22-26(14-21)41-31(37)24(15-36)28(22)17-5-3-6-20(12-17)39-16-18-4-1-2-7-25(18)35/h1-14,28H,16,37H2. The molecule has 2 N–H and O–H groups in total. The minimum atomic E-state index is -0.634. The van der Waals surface area contributed by atoms with Crippen molar-refractivity contribution in [2.24, 2.45) is 5.73 Å². The third-order valence-corrected chi connectivity index (χ3v) is 8.59. The molecule has 2 heterocycles. The van der Waals surface area contributed by atoms with Crippen LogP contribution in [0.25, 0.3) is 10.1 Å². The van der Waals surface area contributed by atoms with Gasteiger partial charge in [0.1, 0.15) is 46.2 Å². The number of allylic oxidation sites excluding steroid dienone is 1. The maximum Gasteiger partial charge on any atom is 0.355 e. The predicted octanol–water partition coefficient (Wildman–Crippen LogP) is 8.36.